The summed E-state index contributed by atoms with van der Waals surface area (Å²) >= 11 is 0. The lowest BCUT2D eigenvalue weighted by atomic mass is 9.73. The Bertz CT molecular complexity index is 1470. The number of piperidine rings is 1. The van der Waals surface area contributed by atoms with E-state index in [1.807, 2.05) is 9.62 Å². The van der Waals surface area contributed by atoms with Gasteiger partial charge in [-0.1, -0.05) is 18.9 Å². The molecule has 0 bridgehead atoms. The van der Waals surface area contributed by atoms with Crippen LogP contribution in [-0.4, -0.2) is 49.1 Å². The minimum atomic E-state index is -4.99. The maximum absolute atomic E-state index is 13.5. The summed E-state index contributed by atoms with van der Waals surface area (Å²) in [5, 5.41) is 12.7. The van der Waals surface area contributed by atoms with Gasteiger partial charge in [0.1, 0.15) is 5.75 Å². The number of hydrogen-bond acceptors (Lipinski definition) is 6. The van der Waals surface area contributed by atoms with Gasteiger partial charge < -0.3 is 10.4 Å². The number of halogens is 6. The van der Waals surface area contributed by atoms with Crippen molar-refractivity contribution in [2.75, 3.05) is 18.8 Å². The first-order valence-corrected chi connectivity index (χ1v) is 15.7. The van der Waals surface area contributed by atoms with Crippen LogP contribution in [0, 0.1) is 11.3 Å². The van der Waals surface area contributed by atoms with Crippen molar-refractivity contribution >= 4 is 21.8 Å². The zero-order valence-electron chi connectivity index (χ0n) is 23.8. The van der Waals surface area contributed by atoms with E-state index in [0.717, 1.165) is 12.8 Å². The van der Waals surface area contributed by atoms with E-state index in [4.69, 9.17) is 0 Å². The molecule has 2 aromatic rings. The molecular weight excluding hydrogens is 616 g/mol. The van der Waals surface area contributed by atoms with Gasteiger partial charge in [0.25, 0.3) is 5.91 Å². The summed E-state index contributed by atoms with van der Waals surface area (Å²) in [4.78, 5) is 27.9. The molecule has 2 aliphatic rings. The molecule has 1 heterocycles. The molecular formula is C29H33F6N3O5S. The molecule has 3 N–H and O–H groups in total. The van der Waals surface area contributed by atoms with E-state index in [-0.39, 0.29) is 28.7 Å². The van der Waals surface area contributed by atoms with Gasteiger partial charge in [0.05, 0.1) is 27.9 Å². The van der Waals surface area contributed by atoms with Gasteiger partial charge in [-0.3, -0.25) is 14.5 Å². The Balaban J connectivity index is 1.44. The molecule has 1 saturated heterocycles. The van der Waals surface area contributed by atoms with Crippen molar-refractivity contribution in [2.24, 2.45) is 11.3 Å². The number of aromatic hydroxyl groups is 1. The number of likely N-dealkylation sites (tertiary alicyclic amines) is 1. The monoisotopic (exact) mass is 649 g/mol. The standard InChI is InChI=1S/C29H33F6N3O5S/c1-2-44(42,43)37-25(40)23-13-19(5-6-24(23)39)17-38-9-7-27(8-10-38,15-18-3-4-18)26(41)36-16-20-11-21(28(30,31)32)14-22(12-20)29(33,34)35/h5-6,11-14,18,39H,2-4,7-10,15-17H2,1H3,(H,36,41)(H,37,40). The molecule has 1 saturated carbocycles. The predicted octanol–water partition coefficient (Wildman–Crippen LogP) is 5.21. The zero-order chi connectivity index (χ0) is 32.5. The van der Waals surface area contributed by atoms with E-state index in [1.54, 1.807) is 6.07 Å². The topological polar surface area (TPSA) is 116 Å². The van der Waals surface area contributed by atoms with Gasteiger partial charge in [-0.2, -0.15) is 26.3 Å². The third-order valence-corrected chi connectivity index (χ3v) is 9.37. The van der Waals surface area contributed by atoms with Gasteiger partial charge in [0, 0.05) is 13.1 Å². The predicted molar refractivity (Wildman–Crippen MR) is 148 cm³/mol. The number of sulfonamides is 1. The fourth-order valence-electron chi connectivity index (χ4n) is 5.42. The Morgan fingerprint density at radius 1 is 0.955 bits per heavy atom. The normalized spacial score (nSPS) is 17.7. The van der Waals surface area contributed by atoms with Crippen LogP contribution >= 0.6 is 0 Å². The number of phenolic OH excluding ortho intramolecular Hbond substituents is 1. The lowest BCUT2D eigenvalue weighted by Crippen LogP contribution is -2.48. The average Bonchev–Trinajstić information content (AvgIpc) is 3.76. The molecule has 44 heavy (non-hydrogen) atoms. The molecule has 2 amide bonds. The van der Waals surface area contributed by atoms with E-state index < -0.39 is 57.3 Å². The maximum Gasteiger partial charge on any atom is 0.416 e. The summed E-state index contributed by atoms with van der Waals surface area (Å²) in [5.41, 5.74) is -3.63. The van der Waals surface area contributed by atoms with Gasteiger partial charge in [0.2, 0.25) is 15.9 Å². The largest absolute Gasteiger partial charge is 0.507 e. The Hall–Kier alpha value is -3.33. The third kappa shape index (κ3) is 8.43. The summed E-state index contributed by atoms with van der Waals surface area (Å²) in [7, 11) is -3.85. The molecule has 1 aliphatic carbocycles. The quantitative estimate of drug-likeness (QED) is 0.305. The van der Waals surface area contributed by atoms with Crippen molar-refractivity contribution in [3.05, 3.63) is 64.2 Å². The number of hydrogen-bond donors (Lipinski definition) is 3. The molecule has 2 fully saturated rings. The SMILES string of the molecule is CCS(=O)(=O)NC(=O)c1cc(CN2CCC(CC3CC3)(C(=O)NCc3cc(C(F)(F)F)cc(C(F)(F)F)c3)CC2)ccc1O. The van der Waals surface area contributed by atoms with Gasteiger partial charge in [0.15, 0.2) is 0 Å². The van der Waals surface area contributed by atoms with Crippen LogP contribution in [0.5, 0.6) is 5.75 Å². The van der Waals surface area contributed by atoms with Crippen LogP contribution in [-0.2, 0) is 40.3 Å². The molecule has 242 valence electrons. The molecule has 0 aromatic heterocycles. The first-order chi connectivity index (χ1) is 20.4. The Kier molecular flexibility index (Phi) is 9.60. The zero-order valence-corrected chi connectivity index (χ0v) is 24.6. The highest BCUT2D eigenvalue weighted by atomic mass is 32.2. The van der Waals surface area contributed by atoms with E-state index >= 15 is 0 Å². The Morgan fingerprint density at radius 3 is 2.07 bits per heavy atom. The van der Waals surface area contributed by atoms with Crippen LogP contribution in [0.2, 0.25) is 0 Å². The molecule has 0 atom stereocenters. The van der Waals surface area contributed by atoms with Crippen molar-refractivity contribution in [3.8, 4) is 5.75 Å². The van der Waals surface area contributed by atoms with Crippen molar-refractivity contribution in [1.82, 2.24) is 14.9 Å². The molecule has 0 unspecified atom stereocenters. The molecule has 0 spiro atoms. The van der Waals surface area contributed by atoms with Crippen LogP contribution < -0.4 is 10.0 Å². The Labute approximate surface area is 250 Å². The number of nitrogens with one attached hydrogen (secondary N) is 2. The van der Waals surface area contributed by atoms with E-state index in [2.05, 4.69) is 5.32 Å². The second-order valence-corrected chi connectivity index (χ2v) is 13.5. The fourth-order valence-corrected chi connectivity index (χ4v) is 5.96. The first kappa shape index (κ1) is 33.6. The fraction of sp³-hybridized carbons (Fsp3) is 0.517. The van der Waals surface area contributed by atoms with Gasteiger partial charge in [-0.15, -0.1) is 0 Å². The summed E-state index contributed by atoms with van der Waals surface area (Å²) in [6.07, 6.45) is -6.76. The van der Waals surface area contributed by atoms with Crippen LogP contribution in [0.3, 0.4) is 0 Å². The van der Waals surface area contributed by atoms with Gasteiger partial charge in [-0.05, 0) is 86.7 Å². The van der Waals surface area contributed by atoms with Crippen LogP contribution in [0.25, 0.3) is 0 Å². The molecule has 1 aliphatic heterocycles. The number of carbonyl (C=O) groups is 2. The highest BCUT2D eigenvalue weighted by Gasteiger charge is 2.45. The number of carbonyl (C=O) groups excluding carboxylic acids is 2. The number of phenols is 1. The number of nitrogens with zero attached hydrogens (tertiary/aromatic N) is 1. The maximum atomic E-state index is 13.5. The van der Waals surface area contributed by atoms with E-state index in [1.165, 1.54) is 19.1 Å². The van der Waals surface area contributed by atoms with Crippen molar-refractivity contribution in [1.29, 1.82) is 0 Å². The molecule has 0 radical (unpaired) electrons. The van der Waals surface area contributed by atoms with Crippen LogP contribution in [0.4, 0.5) is 26.3 Å². The number of rotatable bonds is 10. The van der Waals surface area contributed by atoms with Crippen molar-refractivity contribution < 1.29 is 49.5 Å². The second-order valence-electron chi connectivity index (χ2n) is 11.5. The number of benzene rings is 2. The summed E-state index contributed by atoms with van der Waals surface area (Å²) in [6, 6.07) is 5.52. The first-order valence-electron chi connectivity index (χ1n) is 14.1. The summed E-state index contributed by atoms with van der Waals surface area (Å²) in [5.74, 6) is -1.78. The second kappa shape index (κ2) is 12.6. The average molecular weight is 650 g/mol. The lowest BCUT2D eigenvalue weighted by molar-refractivity contribution is -0.143. The summed E-state index contributed by atoms with van der Waals surface area (Å²) < 4.78 is 105. The highest BCUT2D eigenvalue weighted by Crippen LogP contribution is 2.46. The van der Waals surface area contributed by atoms with Crippen molar-refractivity contribution in [2.45, 2.75) is 64.5 Å². The number of amides is 2. The Morgan fingerprint density at radius 2 is 1.55 bits per heavy atom. The van der Waals surface area contributed by atoms with E-state index in [0.29, 0.717) is 62.5 Å². The number of alkyl halides is 6. The molecule has 15 heteroatoms. The van der Waals surface area contributed by atoms with Crippen molar-refractivity contribution in [3.63, 3.8) is 0 Å². The van der Waals surface area contributed by atoms with Crippen LogP contribution in [0.15, 0.2) is 36.4 Å². The smallest absolute Gasteiger partial charge is 0.416 e. The molecule has 8 nitrogen and oxygen atoms in total. The third-order valence-electron chi connectivity index (χ3n) is 8.11. The summed E-state index contributed by atoms with van der Waals surface area (Å²) in [6.45, 7) is 2.07. The van der Waals surface area contributed by atoms with E-state index in [9.17, 15) is 49.5 Å². The van der Waals surface area contributed by atoms with Gasteiger partial charge in [-0.25, -0.2) is 13.1 Å². The highest BCUT2D eigenvalue weighted by molar-refractivity contribution is 7.90. The molecule has 4 rings (SSSR count). The minimum Gasteiger partial charge on any atom is -0.507 e. The van der Waals surface area contributed by atoms with Gasteiger partial charge >= 0.3 is 12.4 Å². The lowest BCUT2D eigenvalue weighted by Gasteiger charge is -2.41. The van der Waals surface area contributed by atoms with Crippen LogP contribution in [0.1, 0.15) is 71.6 Å². The molecule has 2 aromatic carbocycles. The minimum absolute atomic E-state index is 0.0478.